The van der Waals surface area contributed by atoms with Gasteiger partial charge in [0.15, 0.2) is 5.84 Å². The summed E-state index contributed by atoms with van der Waals surface area (Å²) < 4.78 is 7.52. The van der Waals surface area contributed by atoms with Crippen LogP contribution in [0.1, 0.15) is 22.9 Å². The van der Waals surface area contributed by atoms with Gasteiger partial charge >= 0.3 is 0 Å². The molecule has 0 aliphatic carbocycles. The van der Waals surface area contributed by atoms with Crippen LogP contribution in [0, 0.1) is 0 Å². The van der Waals surface area contributed by atoms with Crippen LogP contribution < -0.4 is 5.32 Å². The summed E-state index contributed by atoms with van der Waals surface area (Å²) in [6, 6.07) is 65.4. The van der Waals surface area contributed by atoms with Crippen molar-refractivity contribution >= 4 is 96.5 Å². The van der Waals surface area contributed by atoms with Crippen LogP contribution in [0.2, 0.25) is 0 Å². The number of nitrogens with one attached hydrogen (secondary N) is 1. The molecule has 0 amide bonds. The number of para-hydroxylation sites is 2. The average molecular weight is 765 g/mol. The van der Waals surface area contributed by atoms with Crippen molar-refractivity contribution in [2.45, 2.75) is 6.17 Å². The van der Waals surface area contributed by atoms with Crippen molar-refractivity contribution in [2.75, 3.05) is 0 Å². The number of hydrogen-bond donors (Lipinski definition) is 1. The Morgan fingerprint density at radius 3 is 1.82 bits per heavy atom. The fraction of sp³-hybridized carbons (Fsp3) is 0.0196. The number of amidine groups is 2. The maximum atomic E-state index is 5.23. The molecule has 1 unspecified atom stereocenters. The van der Waals surface area contributed by atoms with Crippen LogP contribution in [0.3, 0.4) is 0 Å². The smallest absolute Gasteiger partial charge is 0.159 e. The molecule has 0 bridgehead atoms. The summed E-state index contributed by atoms with van der Waals surface area (Å²) in [6.07, 6.45) is -0.296. The second-order valence-electron chi connectivity index (χ2n) is 14.6. The maximum absolute atomic E-state index is 5.23. The zero-order valence-corrected chi connectivity index (χ0v) is 32.2. The monoisotopic (exact) mass is 764 g/mol. The first-order chi connectivity index (χ1) is 28.2. The van der Waals surface area contributed by atoms with Gasteiger partial charge in [0.1, 0.15) is 12.0 Å². The predicted molar refractivity (Wildman–Crippen MR) is 244 cm³/mol. The molecule has 4 heterocycles. The molecule has 8 aromatic carbocycles. The standard InChI is InChI=1S/C51H32N4S2/c1-3-13-31(14-4-1)49-52-50(32-15-5-2-6-16-32)54-51(53-49)42-22-12-21-41-40-20-11-19-35(47(40)57-48(41)42)33-25-27-38-39-28-26-34(30-46(39)56-45(38)29-33)55-43-23-9-7-17-36(43)37-18-8-10-24-44(37)55/h1-30,51H,(H,52,53,54). The van der Waals surface area contributed by atoms with Gasteiger partial charge in [-0.3, -0.25) is 0 Å². The molecule has 1 aliphatic rings. The summed E-state index contributed by atoms with van der Waals surface area (Å²) in [5.74, 6) is 1.56. The highest BCUT2D eigenvalue weighted by Crippen LogP contribution is 2.45. The molecule has 3 aromatic heterocycles. The number of thiophene rings is 2. The van der Waals surface area contributed by atoms with Gasteiger partial charge in [-0.05, 0) is 41.5 Å². The van der Waals surface area contributed by atoms with Gasteiger partial charge in [-0.15, -0.1) is 22.7 Å². The lowest BCUT2D eigenvalue weighted by Gasteiger charge is -2.24. The Morgan fingerprint density at radius 1 is 0.456 bits per heavy atom. The molecule has 1 atom stereocenters. The van der Waals surface area contributed by atoms with Crippen LogP contribution >= 0.6 is 22.7 Å². The molecule has 0 saturated carbocycles. The Hall–Kier alpha value is -6.86. The van der Waals surface area contributed by atoms with Crippen LogP contribution in [-0.2, 0) is 0 Å². The van der Waals surface area contributed by atoms with Crippen molar-refractivity contribution in [1.82, 2.24) is 9.88 Å². The Bertz CT molecular complexity index is 3390. The minimum atomic E-state index is -0.296. The van der Waals surface area contributed by atoms with E-state index in [1.807, 2.05) is 46.9 Å². The van der Waals surface area contributed by atoms with Crippen LogP contribution in [-0.4, -0.2) is 16.2 Å². The Kier molecular flexibility index (Phi) is 7.30. The van der Waals surface area contributed by atoms with Gasteiger partial charge in [0, 0.05) is 73.5 Å². The molecular formula is C51H32N4S2. The van der Waals surface area contributed by atoms with Gasteiger partial charge in [0.05, 0.1) is 11.0 Å². The Balaban J connectivity index is 0.966. The molecular weight excluding hydrogens is 733 g/mol. The van der Waals surface area contributed by atoms with Gasteiger partial charge < -0.3 is 9.88 Å². The van der Waals surface area contributed by atoms with Crippen molar-refractivity contribution in [1.29, 1.82) is 0 Å². The summed E-state index contributed by atoms with van der Waals surface area (Å²) in [4.78, 5) is 10.2. The average Bonchev–Trinajstić information content (AvgIpc) is 3.96. The van der Waals surface area contributed by atoms with E-state index in [0.717, 1.165) is 28.4 Å². The van der Waals surface area contributed by atoms with Crippen molar-refractivity contribution in [3.05, 3.63) is 199 Å². The summed E-state index contributed by atoms with van der Waals surface area (Å²) in [6.45, 7) is 0. The highest BCUT2D eigenvalue weighted by molar-refractivity contribution is 7.26. The Labute approximate surface area is 336 Å². The molecule has 57 heavy (non-hydrogen) atoms. The number of benzene rings is 8. The molecule has 11 aromatic rings. The van der Waals surface area contributed by atoms with E-state index in [9.17, 15) is 0 Å². The van der Waals surface area contributed by atoms with Crippen molar-refractivity contribution in [2.24, 2.45) is 9.98 Å². The van der Waals surface area contributed by atoms with Crippen molar-refractivity contribution < 1.29 is 0 Å². The summed E-state index contributed by atoms with van der Waals surface area (Å²) in [7, 11) is 0. The van der Waals surface area contributed by atoms with Crippen molar-refractivity contribution in [3.8, 4) is 16.8 Å². The van der Waals surface area contributed by atoms with Crippen LogP contribution in [0.15, 0.2) is 192 Å². The fourth-order valence-electron chi connectivity index (χ4n) is 8.63. The molecule has 12 rings (SSSR count). The van der Waals surface area contributed by atoms with Crippen molar-refractivity contribution in [3.63, 3.8) is 0 Å². The number of rotatable bonds is 5. The first kappa shape index (κ1) is 32.4. The number of hydrogen-bond acceptors (Lipinski definition) is 5. The lowest BCUT2D eigenvalue weighted by atomic mass is 10.0. The first-order valence-corrected chi connectivity index (χ1v) is 20.8. The fourth-order valence-corrected chi connectivity index (χ4v) is 11.2. The molecule has 1 N–H and O–H groups in total. The number of aliphatic imine (C=N–C) groups is 2. The number of aromatic nitrogens is 1. The molecule has 0 radical (unpaired) electrons. The third kappa shape index (κ3) is 5.18. The van der Waals surface area contributed by atoms with E-state index in [0.29, 0.717) is 0 Å². The van der Waals surface area contributed by atoms with Gasteiger partial charge in [0.25, 0.3) is 0 Å². The molecule has 0 saturated heterocycles. The highest BCUT2D eigenvalue weighted by atomic mass is 32.1. The van der Waals surface area contributed by atoms with Crippen LogP contribution in [0.25, 0.3) is 79.0 Å². The normalized spacial score (nSPS) is 14.5. The molecule has 6 heteroatoms. The largest absolute Gasteiger partial charge is 0.344 e. The lowest BCUT2D eigenvalue weighted by Crippen LogP contribution is -2.33. The summed E-state index contributed by atoms with van der Waals surface area (Å²) >= 11 is 3.74. The highest BCUT2D eigenvalue weighted by Gasteiger charge is 2.24. The minimum absolute atomic E-state index is 0.296. The third-order valence-corrected chi connectivity index (χ3v) is 13.7. The van der Waals surface area contributed by atoms with E-state index >= 15 is 0 Å². The topological polar surface area (TPSA) is 41.7 Å². The Morgan fingerprint density at radius 2 is 1.07 bits per heavy atom. The molecule has 0 spiro atoms. The van der Waals surface area contributed by atoms with E-state index in [2.05, 4.69) is 168 Å². The summed E-state index contributed by atoms with van der Waals surface area (Å²) in [5, 5.41) is 11.4. The van der Waals surface area contributed by atoms with E-state index in [4.69, 9.17) is 9.98 Å². The van der Waals surface area contributed by atoms with Crippen LogP contribution in [0.4, 0.5) is 0 Å². The van der Waals surface area contributed by atoms with Gasteiger partial charge in [-0.2, -0.15) is 0 Å². The quantitative estimate of drug-likeness (QED) is 0.186. The predicted octanol–water partition coefficient (Wildman–Crippen LogP) is 13.7. The van der Waals surface area contributed by atoms with E-state index in [-0.39, 0.29) is 6.17 Å². The first-order valence-electron chi connectivity index (χ1n) is 19.2. The van der Waals surface area contributed by atoms with E-state index in [1.165, 1.54) is 79.0 Å². The maximum Gasteiger partial charge on any atom is 0.159 e. The second-order valence-corrected chi connectivity index (χ2v) is 16.7. The minimum Gasteiger partial charge on any atom is -0.344 e. The second kappa shape index (κ2) is 12.8. The van der Waals surface area contributed by atoms with E-state index < -0.39 is 0 Å². The van der Waals surface area contributed by atoms with Gasteiger partial charge in [-0.1, -0.05) is 152 Å². The van der Waals surface area contributed by atoms with Gasteiger partial charge in [0.2, 0.25) is 0 Å². The zero-order valence-electron chi connectivity index (χ0n) is 30.6. The number of nitrogens with zero attached hydrogens (tertiary/aromatic N) is 3. The van der Waals surface area contributed by atoms with Crippen LogP contribution in [0.5, 0.6) is 0 Å². The molecule has 0 fully saturated rings. The molecule has 4 nitrogen and oxygen atoms in total. The van der Waals surface area contributed by atoms with E-state index in [1.54, 1.807) is 0 Å². The number of fused-ring (bicyclic) bond motifs is 9. The molecule has 1 aliphatic heterocycles. The lowest BCUT2D eigenvalue weighted by molar-refractivity contribution is 0.680. The third-order valence-electron chi connectivity index (χ3n) is 11.3. The summed E-state index contributed by atoms with van der Waals surface area (Å²) in [5.41, 5.74) is 9.32. The molecule has 268 valence electrons. The SMILES string of the molecule is c1ccc(C2=NC(c3cccc4c3sc3c(-c5ccc6c(c5)sc5cc(-n7c8ccccc8c8ccccc87)ccc56)cccc34)NC(c3ccccc3)=N2)cc1. The zero-order chi connectivity index (χ0) is 37.5. The van der Waals surface area contributed by atoms with Gasteiger partial charge in [-0.25, -0.2) is 9.98 Å².